The van der Waals surface area contributed by atoms with Crippen LogP contribution in [-0.4, -0.2) is 33.2 Å². The van der Waals surface area contributed by atoms with Crippen molar-refractivity contribution < 1.29 is 24.9 Å². The van der Waals surface area contributed by atoms with Gasteiger partial charge in [0.2, 0.25) is 0 Å². The van der Waals surface area contributed by atoms with Crippen molar-refractivity contribution >= 4 is 11.9 Å². The molecule has 2 atom stereocenters. The molecule has 1 fully saturated rings. The lowest BCUT2D eigenvalue weighted by Gasteiger charge is -2.27. The van der Waals surface area contributed by atoms with E-state index in [9.17, 15) is 24.9 Å². The Morgan fingerprint density at radius 3 is 2.60 bits per heavy atom. The van der Waals surface area contributed by atoms with Crippen LogP contribution in [0.1, 0.15) is 36.5 Å². The first kappa shape index (κ1) is 14.2. The zero-order valence-corrected chi connectivity index (χ0v) is 11.1. The summed E-state index contributed by atoms with van der Waals surface area (Å²) >= 11 is 0. The van der Waals surface area contributed by atoms with Gasteiger partial charge in [-0.2, -0.15) is 0 Å². The van der Waals surface area contributed by atoms with Crippen LogP contribution in [0.5, 0.6) is 11.5 Å². The van der Waals surface area contributed by atoms with E-state index in [0.29, 0.717) is 12.8 Å². The summed E-state index contributed by atoms with van der Waals surface area (Å²) in [6.07, 6.45) is 1.88. The number of amides is 1. The van der Waals surface area contributed by atoms with E-state index in [1.54, 1.807) is 6.92 Å². The van der Waals surface area contributed by atoms with Gasteiger partial charge in [0.25, 0.3) is 5.91 Å². The van der Waals surface area contributed by atoms with Gasteiger partial charge in [-0.05, 0) is 38.0 Å². The van der Waals surface area contributed by atoms with Crippen LogP contribution in [0.4, 0.5) is 0 Å². The fourth-order valence-electron chi connectivity index (χ4n) is 2.56. The third-order valence-corrected chi connectivity index (χ3v) is 3.99. The molecule has 6 nitrogen and oxygen atoms in total. The van der Waals surface area contributed by atoms with Crippen LogP contribution >= 0.6 is 0 Å². The molecule has 2 unspecified atom stereocenters. The van der Waals surface area contributed by atoms with Gasteiger partial charge in [0.1, 0.15) is 0 Å². The molecule has 0 saturated heterocycles. The first-order valence-electron chi connectivity index (χ1n) is 6.41. The zero-order chi connectivity index (χ0) is 14.9. The molecule has 108 valence electrons. The molecule has 1 aromatic rings. The molecule has 2 rings (SSSR count). The topological polar surface area (TPSA) is 107 Å². The van der Waals surface area contributed by atoms with Gasteiger partial charge in [-0.25, -0.2) is 0 Å². The fraction of sp³-hybridized carbons (Fsp3) is 0.429. The van der Waals surface area contributed by atoms with E-state index in [1.165, 1.54) is 12.1 Å². The maximum atomic E-state index is 12.1. The number of aromatic hydroxyl groups is 2. The summed E-state index contributed by atoms with van der Waals surface area (Å²) in [4.78, 5) is 23.4. The summed E-state index contributed by atoms with van der Waals surface area (Å²) in [6, 6.07) is 3.30. The van der Waals surface area contributed by atoms with Crippen molar-refractivity contribution in [2.75, 3.05) is 0 Å². The molecule has 1 amide bonds. The molecule has 0 aliphatic heterocycles. The fourth-order valence-corrected chi connectivity index (χ4v) is 2.56. The molecule has 1 saturated carbocycles. The highest BCUT2D eigenvalue weighted by atomic mass is 16.4. The molecule has 1 aliphatic carbocycles. The highest BCUT2D eigenvalue weighted by Crippen LogP contribution is 2.38. The Morgan fingerprint density at radius 1 is 1.30 bits per heavy atom. The van der Waals surface area contributed by atoms with Crippen LogP contribution in [0.2, 0.25) is 0 Å². The van der Waals surface area contributed by atoms with Gasteiger partial charge >= 0.3 is 5.97 Å². The lowest BCUT2D eigenvalue weighted by molar-refractivity contribution is -0.148. The second kappa shape index (κ2) is 5.03. The quantitative estimate of drug-likeness (QED) is 0.627. The predicted molar refractivity (Wildman–Crippen MR) is 70.6 cm³/mol. The van der Waals surface area contributed by atoms with Crippen LogP contribution in [0.3, 0.4) is 0 Å². The van der Waals surface area contributed by atoms with Crippen LogP contribution in [0.25, 0.3) is 0 Å². The van der Waals surface area contributed by atoms with Crippen molar-refractivity contribution in [2.45, 2.75) is 32.2 Å². The molecule has 0 aromatic heterocycles. The predicted octanol–water partition coefficient (Wildman–Crippen LogP) is 1.47. The van der Waals surface area contributed by atoms with E-state index in [1.807, 2.05) is 0 Å². The Morgan fingerprint density at radius 2 is 2.00 bits per heavy atom. The number of rotatable bonds is 3. The number of hydrogen-bond donors (Lipinski definition) is 4. The maximum absolute atomic E-state index is 12.1. The number of phenolic OH excluding ortho intramolecular Hbond substituents is 2. The molecule has 0 heterocycles. The second-order valence-corrected chi connectivity index (χ2v) is 5.34. The Hall–Kier alpha value is -2.24. The number of aliphatic carboxylic acids is 1. The van der Waals surface area contributed by atoms with Gasteiger partial charge in [-0.3, -0.25) is 9.59 Å². The Balaban J connectivity index is 2.15. The summed E-state index contributed by atoms with van der Waals surface area (Å²) in [7, 11) is 0. The van der Waals surface area contributed by atoms with Crippen LogP contribution < -0.4 is 5.32 Å². The van der Waals surface area contributed by atoms with Crippen molar-refractivity contribution in [1.82, 2.24) is 5.32 Å². The number of carbonyl (C=O) groups excluding carboxylic acids is 1. The van der Waals surface area contributed by atoms with Crippen LogP contribution in [0, 0.1) is 5.41 Å². The summed E-state index contributed by atoms with van der Waals surface area (Å²) in [5.74, 6) is -2.07. The van der Waals surface area contributed by atoms with Crippen molar-refractivity contribution in [1.29, 1.82) is 0 Å². The van der Waals surface area contributed by atoms with E-state index in [-0.39, 0.29) is 17.1 Å². The van der Waals surface area contributed by atoms with Crippen LogP contribution in [-0.2, 0) is 4.79 Å². The lowest BCUT2D eigenvalue weighted by atomic mass is 9.85. The largest absolute Gasteiger partial charge is 0.504 e. The Bertz CT molecular complexity index is 556. The Kier molecular flexibility index (Phi) is 3.57. The summed E-state index contributed by atoms with van der Waals surface area (Å²) < 4.78 is 0. The Labute approximate surface area is 116 Å². The van der Waals surface area contributed by atoms with Gasteiger partial charge in [0, 0.05) is 11.6 Å². The van der Waals surface area contributed by atoms with E-state index >= 15 is 0 Å². The molecule has 6 heteroatoms. The van der Waals surface area contributed by atoms with Gasteiger partial charge in [-0.1, -0.05) is 6.42 Å². The number of carboxylic acid groups (broad SMARTS) is 1. The number of phenols is 2. The van der Waals surface area contributed by atoms with Gasteiger partial charge in [-0.15, -0.1) is 0 Å². The maximum Gasteiger partial charge on any atom is 0.311 e. The number of carbonyl (C=O) groups is 2. The van der Waals surface area contributed by atoms with E-state index in [2.05, 4.69) is 5.32 Å². The molecule has 1 aromatic carbocycles. The average Bonchev–Trinajstić information content (AvgIpc) is 2.75. The lowest BCUT2D eigenvalue weighted by Crippen LogP contribution is -2.47. The molecule has 0 spiro atoms. The SMILES string of the molecule is CC1(C(=O)O)CCCC1NC(=O)c1ccc(O)c(O)c1. The number of hydrogen-bond acceptors (Lipinski definition) is 4. The third kappa shape index (κ3) is 2.41. The minimum Gasteiger partial charge on any atom is -0.504 e. The molecule has 4 N–H and O–H groups in total. The van der Waals surface area contributed by atoms with Gasteiger partial charge < -0.3 is 20.6 Å². The standard InChI is InChI=1S/C14H17NO5/c1-14(13(19)20)6-2-3-11(14)15-12(18)8-4-5-9(16)10(17)7-8/h4-5,7,11,16-17H,2-3,6H2,1H3,(H,15,18)(H,19,20). The molecule has 20 heavy (non-hydrogen) atoms. The molecule has 0 bridgehead atoms. The van der Waals surface area contributed by atoms with Crippen molar-refractivity contribution in [3.8, 4) is 11.5 Å². The molecule has 0 radical (unpaired) electrons. The first-order chi connectivity index (χ1) is 9.34. The normalized spacial score (nSPS) is 25.4. The first-order valence-corrected chi connectivity index (χ1v) is 6.41. The van der Waals surface area contributed by atoms with Crippen molar-refractivity contribution in [3.63, 3.8) is 0 Å². The minimum absolute atomic E-state index is 0.180. The smallest absolute Gasteiger partial charge is 0.311 e. The number of carboxylic acids is 1. The number of nitrogens with one attached hydrogen (secondary N) is 1. The summed E-state index contributed by atoms with van der Waals surface area (Å²) in [5.41, 5.74) is -0.783. The number of benzene rings is 1. The van der Waals surface area contributed by atoms with E-state index < -0.39 is 23.3 Å². The summed E-state index contributed by atoms with van der Waals surface area (Å²) in [6.45, 7) is 1.63. The molecule has 1 aliphatic rings. The molecular weight excluding hydrogens is 262 g/mol. The third-order valence-electron chi connectivity index (χ3n) is 3.99. The van der Waals surface area contributed by atoms with Crippen molar-refractivity contribution in [3.05, 3.63) is 23.8 Å². The second-order valence-electron chi connectivity index (χ2n) is 5.34. The highest BCUT2D eigenvalue weighted by Gasteiger charge is 2.45. The average molecular weight is 279 g/mol. The minimum atomic E-state index is -0.964. The van der Waals surface area contributed by atoms with Gasteiger partial charge in [0.15, 0.2) is 11.5 Å². The van der Waals surface area contributed by atoms with E-state index in [0.717, 1.165) is 12.5 Å². The highest BCUT2D eigenvalue weighted by molar-refractivity contribution is 5.95. The zero-order valence-electron chi connectivity index (χ0n) is 11.1. The van der Waals surface area contributed by atoms with Crippen molar-refractivity contribution in [2.24, 2.45) is 5.41 Å². The molecular formula is C14H17NO5. The summed E-state index contributed by atoms with van der Waals surface area (Å²) in [5, 5.41) is 30.6. The van der Waals surface area contributed by atoms with E-state index in [4.69, 9.17) is 0 Å². The van der Waals surface area contributed by atoms with Gasteiger partial charge in [0.05, 0.1) is 5.41 Å². The van der Waals surface area contributed by atoms with Crippen LogP contribution in [0.15, 0.2) is 18.2 Å². The monoisotopic (exact) mass is 279 g/mol.